The van der Waals surface area contributed by atoms with Crippen LogP contribution in [0.15, 0.2) is 64.2 Å². The minimum atomic E-state index is -0.520. The van der Waals surface area contributed by atoms with Crippen molar-refractivity contribution in [2.24, 2.45) is 5.16 Å². The van der Waals surface area contributed by atoms with Crippen LogP contribution in [0.3, 0.4) is 0 Å². The van der Waals surface area contributed by atoms with Crippen LogP contribution in [0.1, 0.15) is 10.4 Å². The quantitative estimate of drug-likeness (QED) is 0.564. The first-order valence-corrected chi connectivity index (χ1v) is 6.45. The standard InChI is InChI=1S/C16H11FN2O3/c17-11-5-7-12(8-6-11)18-15(20)13-9-10-3-1-2-4-14(10)22-16(13)19-21/h1-9,21H,(H,18,20)/b19-16-. The van der Waals surface area contributed by atoms with Gasteiger partial charge in [0.05, 0.1) is 0 Å². The fourth-order valence-corrected chi connectivity index (χ4v) is 2.04. The number of hydrogen-bond donors (Lipinski definition) is 2. The summed E-state index contributed by atoms with van der Waals surface area (Å²) in [6, 6.07) is 13.9. The third-order valence-corrected chi connectivity index (χ3v) is 3.09. The fraction of sp³-hybridized carbons (Fsp3) is 0. The second kappa shape index (κ2) is 5.69. The molecule has 22 heavy (non-hydrogen) atoms. The van der Waals surface area contributed by atoms with Gasteiger partial charge < -0.3 is 14.9 Å². The van der Waals surface area contributed by atoms with Gasteiger partial charge in [-0.1, -0.05) is 18.2 Å². The van der Waals surface area contributed by atoms with E-state index in [1.54, 1.807) is 30.3 Å². The van der Waals surface area contributed by atoms with E-state index in [2.05, 4.69) is 10.5 Å². The van der Waals surface area contributed by atoms with Crippen LogP contribution in [-0.4, -0.2) is 11.1 Å². The van der Waals surface area contributed by atoms with Gasteiger partial charge in [0.15, 0.2) is 0 Å². The predicted octanol–water partition coefficient (Wildman–Crippen LogP) is 3.11. The van der Waals surface area contributed by atoms with Crippen LogP contribution in [0, 0.1) is 5.82 Å². The maximum Gasteiger partial charge on any atom is 0.268 e. The van der Waals surface area contributed by atoms with Crippen molar-refractivity contribution in [3.63, 3.8) is 0 Å². The summed E-state index contributed by atoms with van der Waals surface area (Å²) < 4.78 is 18.2. The highest BCUT2D eigenvalue weighted by molar-refractivity contribution is 6.05. The summed E-state index contributed by atoms with van der Waals surface area (Å²) >= 11 is 0. The van der Waals surface area contributed by atoms with Crippen LogP contribution in [-0.2, 0) is 0 Å². The molecule has 0 spiro atoms. The Morgan fingerprint density at radius 3 is 2.59 bits per heavy atom. The van der Waals surface area contributed by atoms with E-state index < -0.39 is 11.7 Å². The lowest BCUT2D eigenvalue weighted by atomic mass is 10.1. The predicted molar refractivity (Wildman–Crippen MR) is 77.9 cm³/mol. The summed E-state index contributed by atoms with van der Waals surface area (Å²) in [6.45, 7) is 0. The van der Waals surface area contributed by atoms with Gasteiger partial charge in [-0.15, -0.1) is 0 Å². The van der Waals surface area contributed by atoms with Crippen LogP contribution in [0.2, 0.25) is 0 Å². The Morgan fingerprint density at radius 2 is 1.86 bits per heavy atom. The van der Waals surface area contributed by atoms with Gasteiger partial charge in [-0.3, -0.25) is 4.79 Å². The molecule has 3 aromatic rings. The Bertz CT molecular complexity index is 901. The van der Waals surface area contributed by atoms with Crippen molar-refractivity contribution in [3.8, 4) is 0 Å². The molecule has 1 amide bonds. The zero-order valence-corrected chi connectivity index (χ0v) is 11.3. The minimum absolute atomic E-state index is 0.0746. The molecule has 0 unspecified atom stereocenters. The second-order valence-corrected chi connectivity index (χ2v) is 4.56. The van der Waals surface area contributed by atoms with Crippen molar-refractivity contribution in [1.82, 2.24) is 0 Å². The molecular formula is C16H11FN2O3. The molecule has 0 aliphatic rings. The molecule has 110 valence electrons. The molecule has 0 radical (unpaired) electrons. The maximum absolute atomic E-state index is 12.9. The largest absolute Gasteiger partial charge is 0.435 e. The third kappa shape index (κ3) is 2.67. The number of amides is 1. The van der Waals surface area contributed by atoms with E-state index in [0.717, 1.165) is 0 Å². The van der Waals surface area contributed by atoms with Crippen LogP contribution in [0.5, 0.6) is 0 Å². The van der Waals surface area contributed by atoms with Crippen LogP contribution >= 0.6 is 0 Å². The van der Waals surface area contributed by atoms with Crippen molar-refractivity contribution >= 4 is 22.6 Å². The Labute approximate surface area is 124 Å². The van der Waals surface area contributed by atoms with Gasteiger partial charge in [-0.25, -0.2) is 4.39 Å². The Kier molecular flexibility index (Phi) is 3.57. The molecule has 0 saturated carbocycles. The summed E-state index contributed by atoms with van der Waals surface area (Å²) in [6.07, 6.45) is 0. The molecule has 5 nitrogen and oxygen atoms in total. The minimum Gasteiger partial charge on any atom is -0.435 e. The summed E-state index contributed by atoms with van der Waals surface area (Å²) in [5.41, 5.74) is 0.793. The zero-order chi connectivity index (χ0) is 15.5. The number of nitrogens with zero attached hydrogens (tertiary/aromatic N) is 1. The number of hydrogen-bond acceptors (Lipinski definition) is 4. The van der Waals surface area contributed by atoms with Crippen molar-refractivity contribution in [1.29, 1.82) is 0 Å². The van der Waals surface area contributed by atoms with Crippen molar-refractivity contribution < 1.29 is 18.8 Å². The number of halogens is 1. The van der Waals surface area contributed by atoms with Gasteiger partial charge in [-0.2, -0.15) is 0 Å². The van der Waals surface area contributed by atoms with Gasteiger partial charge in [-0.05, 0) is 41.6 Å². The lowest BCUT2D eigenvalue weighted by Crippen LogP contribution is -2.21. The van der Waals surface area contributed by atoms with E-state index in [1.807, 2.05) is 0 Å². The highest BCUT2D eigenvalue weighted by Crippen LogP contribution is 2.14. The van der Waals surface area contributed by atoms with Gasteiger partial charge in [0.2, 0.25) is 0 Å². The summed E-state index contributed by atoms with van der Waals surface area (Å²) in [7, 11) is 0. The first kappa shape index (κ1) is 13.8. The van der Waals surface area contributed by atoms with E-state index in [0.29, 0.717) is 16.7 Å². The number of para-hydroxylation sites is 1. The van der Waals surface area contributed by atoms with E-state index in [9.17, 15) is 9.18 Å². The van der Waals surface area contributed by atoms with E-state index in [4.69, 9.17) is 9.62 Å². The zero-order valence-electron chi connectivity index (χ0n) is 11.3. The number of benzene rings is 2. The van der Waals surface area contributed by atoms with Crippen molar-refractivity contribution in [3.05, 3.63) is 71.5 Å². The first-order valence-electron chi connectivity index (χ1n) is 6.45. The van der Waals surface area contributed by atoms with Crippen LogP contribution in [0.25, 0.3) is 11.0 Å². The van der Waals surface area contributed by atoms with E-state index in [-0.39, 0.29) is 11.1 Å². The number of nitrogens with one attached hydrogen (secondary N) is 1. The number of carbonyl (C=O) groups is 1. The molecule has 0 bridgehead atoms. The molecule has 0 fully saturated rings. The monoisotopic (exact) mass is 298 g/mol. The van der Waals surface area contributed by atoms with E-state index >= 15 is 0 Å². The van der Waals surface area contributed by atoms with Gasteiger partial charge in [0, 0.05) is 11.1 Å². The van der Waals surface area contributed by atoms with Crippen molar-refractivity contribution in [2.75, 3.05) is 5.32 Å². The van der Waals surface area contributed by atoms with Gasteiger partial charge >= 0.3 is 0 Å². The number of fused-ring (bicyclic) bond motifs is 1. The average molecular weight is 298 g/mol. The van der Waals surface area contributed by atoms with Crippen LogP contribution < -0.4 is 10.9 Å². The molecule has 2 N–H and O–H groups in total. The highest BCUT2D eigenvalue weighted by atomic mass is 19.1. The molecule has 6 heteroatoms. The lowest BCUT2D eigenvalue weighted by Gasteiger charge is -2.06. The second-order valence-electron chi connectivity index (χ2n) is 4.56. The third-order valence-electron chi connectivity index (χ3n) is 3.09. The SMILES string of the molecule is O=C(Nc1ccc(F)cc1)c1cc2ccccc2o/c1=N\O. The molecular weight excluding hydrogens is 287 g/mol. The molecule has 2 aromatic carbocycles. The van der Waals surface area contributed by atoms with Gasteiger partial charge in [0.25, 0.3) is 11.5 Å². The summed E-state index contributed by atoms with van der Waals surface area (Å²) in [5.74, 6) is -0.918. The molecule has 0 aliphatic carbocycles. The maximum atomic E-state index is 12.9. The molecule has 1 aromatic heterocycles. The Balaban J connectivity index is 2.01. The molecule has 0 saturated heterocycles. The molecule has 3 rings (SSSR count). The Morgan fingerprint density at radius 1 is 1.14 bits per heavy atom. The van der Waals surface area contributed by atoms with E-state index in [1.165, 1.54) is 24.3 Å². The number of rotatable bonds is 2. The Hall–Kier alpha value is -3.15. The molecule has 0 aliphatic heterocycles. The number of carbonyl (C=O) groups excluding carboxylic acids is 1. The van der Waals surface area contributed by atoms with Crippen LogP contribution in [0.4, 0.5) is 10.1 Å². The van der Waals surface area contributed by atoms with Gasteiger partial charge in [0.1, 0.15) is 17.0 Å². The average Bonchev–Trinajstić information content (AvgIpc) is 2.55. The normalized spacial score (nSPS) is 11.6. The topological polar surface area (TPSA) is 74.8 Å². The molecule has 1 heterocycles. The lowest BCUT2D eigenvalue weighted by molar-refractivity contribution is 0.102. The summed E-state index contributed by atoms with van der Waals surface area (Å²) in [4.78, 5) is 12.3. The first-order chi connectivity index (χ1) is 10.7. The fourth-order valence-electron chi connectivity index (χ4n) is 2.04. The number of anilines is 1. The van der Waals surface area contributed by atoms with Crippen molar-refractivity contribution in [2.45, 2.75) is 0 Å². The molecule has 0 atom stereocenters. The highest BCUT2D eigenvalue weighted by Gasteiger charge is 2.13. The summed E-state index contributed by atoms with van der Waals surface area (Å²) in [5, 5.41) is 15.3. The smallest absolute Gasteiger partial charge is 0.268 e.